The van der Waals surface area contributed by atoms with Gasteiger partial charge in [0.25, 0.3) is 5.91 Å². The van der Waals surface area contributed by atoms with Crippen LogP contribution in [-0.2, 0) is 0 Å². The van der Waals surface area contributed by atoms with Crippen molar-refractivity contribution in [2.24, 2.45) is 5.41 Å². The first kappa shape index (κ1) is 14.7. The topological polar surface area (TPSA) is 87.1 Å². The lowest BCUT2D eigenvalue weighted by molar-refractivity contribution is 0.0943. The van der Waals surface area contributed by atoms with Crippen LogP contribution in [0.5, 0.6) is 0 Å². The lowest BCUT2D eigenvalue weighted by Gasteiger charge is -2.35. The molecule has 0 aromatic carbocycles. The van der Waals surface area contributed by atoms with Gasteiger partial charge in [0.05, 0.1) is 6.61 Å². The number of hydrogen-bond acceptors (Lipinski definition) is 5. The summed E-state index contributed by atoms with van der Waals surface area (Å²) < 4.78 is 0. The summed E-state index contributed by atoms with van der Waals surface area (Å²) in [5, 5.41) is 23.2. The quantitative estimate of drug-likeness (QED) is 0.753. The zero-order valence-electron chi connectivity index (χ0n) is 11.9. The Hall–Kier alpha value is -1.69. The van der Waals surface area contributed by atoms with Crippen LogP contribution < -0.4 is 10.6 Å². The van der Waals surface area contributed by atoms with Gasteiger partial charge in [-0.15, -0.1) is 10.2 Å². The zero-order valence-corrected chi connectivity index (χ0v) is 11.9. The lowest BCUT2D eigenvalue weighted by atomic mass is 9.74. The van der Waals surface area contributed by atoms with E-state index in [9.17, 15) is 9.90 Å². The van der Waals surface area contributed by atoms with E-state index in [4.69, 9.17) is 0 Å². The molecule has 1 heterocycles. The van der Waals surface area contributed by atoms with Crippen LogP contribution in [0.2, 0.25) is 0 Å². The molecule has 1 aliphatic rings. The average molecular weight is 278 g/mol. The van der Waals surface area contributed by atoms with E-state index in [1.165, 1.54) is 19.3 Å². The van der Waals surface area contributed by atoms with E-state index in [1.54, 1.807) is 19.2 Å². The number of aliphatic hydroxyl groups is 1. The molecule has 1 aromatic rings. The fourth-order valence-corrected chi connectivity index (χ4v) is 2.65. The Labute approximate surface area is 119 Å². The molecule has 1 aromatic heterocycles. The molecular weight excluding hydrogens is 256 g/mol. The van der Waals surface area contributed by atoms with Gasteiger partial charge in [0, 0.05) is 19.0 Å². The Morgan fingerprint density at radius 1 is 1.30 bits per heavy atom. The summed E-state index contributed by atoms with van der Waals surface area (Å²) >= 11 is 0. The highest BCUT2D eigenvalue weighted by Gasteiger charge is 2.31. The standard InChI is InChI=1S/C14H22N4O2/c1-15-13(20)11-5-6-12(18-17-11)16-9-14(10-19)7-3-2-4-8-14/h5-6,19H,2-4,7-10H2,1H3,(H,15,20)(H,16,18). The summed E-state index contributed by atoms with van der Waals surface area (Å²) in [7, 11) is 1.56. The van der Waals surface area contributed by atoms with E-state index in [2.05, 4.69) is 20.8 Å². The largest absolute Gasteiger partial charge is 0.396 e. The van der Waals surface area contributed by atoms with Crippen LogP contribution in [0.15, 0.2) is 12.1 Å². The molecule has 6 heteroatoms. The summed E-state index contributed by atoms with van der Waals surface area (Å²) in [6, 6.07) is 3.38. The molecule has 0 radical (unpaired) electrons. The first-order valence-corrected chi connectivity index (χ1v) is 7.10. The van der Waals surface area contributed by atoms with E-state index in [-0.39, 0.29) is 17.9 Å². The predicted octanol–water partition coefficient (Wildman–Crippen LogP) is 1.19. The number of nitrogens with one attached hydrogen (secondary N) is 2. The van der Waals surface area contributed by atoms with E-state index < -0.39 is 0 Å². The molecule has 3 N–H and O–H groups in total. The Bertz CT molecular complexity index is 441. The molecule has 110 valence electrons. The van der Waals surface area contributed by atoms with Crippen molar-refractivity contribution in [3.05, 3.63) is 17.8 Å². The maximum absolute atomic E-state index is 11.4. The van der Waals surface area contributed by atoms with Crippen LogP contribution in [0.3, 0.4) is 0 Å². The molecule has 1 saturated carbocycles. The second-order valence-electron chi connectivity index (χ2n) is 5.46. The molecule has 1 amide bonds. The van der Waals surface area contributed by atoms with Crippen LogP contribution in [0, 0.1) is 5.41 Å². The second kappa shape index (κ2) is 6.65. The minimum Gasteiger partial charge on any atom is -0.396 e. The van der Waals surface area contributed by atoms with Crippen molar-refractivity contribution in [3.8, 4) is 0 Å². The van der Waals surface area contributed by atoms with Gasteiger partial charge in [-0.05, 0) is 25.0 Å². The Kier molecular flexibility index (Phi) is 4.89. The van der Waals surface area contributed by atoms with Crippen molar-refractivity contribution in [1.82, 2.24) is 15.5 Å². The molecule has 6 nitrogen and oxygen atoms in total. The third-order valence-electron chi connectivity index (χ3n) is 4.02. The molecule has 0 saturated heterocycles. The smallest absolute Gasteiger partial charge is 0.271 e. The molecule has 0 spiro atoms. The van der Waals surface area contributed by atoms with Gasteiger partial charge in [0.15, 0.2) is 5.69 Å². The lowest BCUT2D eigenvalue weighted by Crippen LogP contribution is -2.35. The summed E-state index contributed by atoms with van der Waals surface area (Å²) in [6.45, 7) is 0.890. The van der Waals surface area contributed by atoms with Crippen molar-refractivity contribution < 1.29 is 9.90 Å². The number of nitrogens with zero attached hydrogens (tertiary/aromatic N) is 2. The van der Waals surface area contributed by atoms with Crippen LogP contribution in [-0.4, -0.2) is 41.4 Å². The molecule has 0 unspecified atom stereocenters. The van der Waals surface area contributed by atoms with Gasteiger partial charge < -0.3 is 15.7 Å². The third kappa shape index (κ3) is 3.45. The van der Waals surface area contributed by atoms with Crippen molar-refractivity contribution in [2.45, 2.75) is 32.1 Å². The highest BCUT2D eigenvalue weighted by molar-refractivity contribution is 5.91. The number of carbonyl (C=O) groups is 1. The SMILES string of the molecule is CNC(=O)c1ccc(NCC2(CO)CCCCC2)nn1. The molecule has 0 bridgehead atoms. The fraction of sp³-hybridized carbons (Fsp3) is 0.643. The van der Waals surface area contributed by atoms with Crippen molar-refractivity contribution in [1.29, 1.82) is 0 Å². The maximum atomic E-state index is 11.4. The Morgan fingerprint density at radius 3 is 2.60 bits per heavy atom. The van der Waals surface area contributed by atoms with E-state index in [0.717, 1.165) is 12.8 Å². The van der Waals surface area contributed by atoms with Gasteiger partial charge in [0.2, 0.25) is 0 Å². The highest BCUT2D eigenvalue weighted by Crippen LogP contribution is 2.35. The number of amides is 1. The number of rotatable bonds is 5. The van der Waals surface area contributed by atoms with Crippen molar-refractivity contribution >= 4 is 11.7 Å². The molecule has 0 aliphatic heterocycles. The van der Waals surface area contributed by atoms with Gasteiger partial charge in [-0.1, -0.05) is 19.3 Å². The normalized spacial score (nSPS) is 17.5. The fourth-order valence-electron chi connectivity index (χ4n) is 2.65. The number of aromatic nitrogens is 2. The van der Waals surface area contributed by atoms with Crippen LogP contribution >= 0.6 is 0 Å². The van der Waals surface area contributed by atoms with E-state index in [0.29, 0.717) is 18.1 Å². The molecule has 2 rings (SSSR count). The van der Waals surface area contributed by atoms with Gasteiger partial charge in [-0.3, -0.25) is 4.79 Å². The summed E-state index contributed by atoms with van der Waals surface area (Å²) in [6.07, 6.45) is 5.68. The van der Waals surface area contributed by atoms with Gasteiger partial charge in [-0.2, -0.15) is 0 Å². The summed E-state index contributed by atoms with van der Waals surface area (Å²) in [5.41, 5.74) is 0.256. The minimum absolute atomic E-state index is 0.0423. The molecule has 0 atom stereocenters. The Morgan fingerprint density at radius 2 is 2.05 bits per heavy atom. The first-order chi connectivity index (χ1) is 9.69. The molecule has 20 heavy (non-hydrogen) atoms. The zero-order chi connectivity index (χ0) is 14.4. The van der Waals surface area contributed by atoms with Gasteiger partial charge in [0.1, 0.15) is 5.82 Å². The minimum atomic E-state index is -0.247. The van der Waals surface area contributed by atoms with Crippen LogP contribution in [0.4, 0.5) is 5.82 Å². The summed E-state index contributed by atoms with van der Waals surface area (Å²) in [5.74, 6) is 0.388. The van der Waals surface area contributed by atoms with Crippen molar-refractivity contribution in [2.75, 3.05) is 25.5 Å². The van der Waals surface area contributed by atoms with Crippen molar-refractivity contribution in [3.63, 3.8) is 0 Å². The maximum Gasteiger partial charge on any atom is 0.271 e. The average Bonchev–Trinajstić information content (AvgIpc) is 2.53. The van der Waals surface area contributed by atoms with E-state index in [1.807, 2.05) is 0 Å². The summed E-state index contributed by atoms with van der Waals surface area (Å²) in [4.78, 5) is 11.4. The van der Waals surface area contributed by atoms with E-state index >= 15 is 0 Å². The van der Waals surface area contributed by atoms with Gasteiger partial charge >= 0.3 is 0 Å². The second-order valence-corrected chi connectivity index (χ2v) is 5.46. The predicted molar refractivity (Wildman–Crippen MR) is 76.5 cm³/mol. The monoisotopic (exact) mass is 278 g/mol. The number of carbonyl (C=O) groups excluding carboxylic acids is 1. The Balaban J connectivity index is 1.94. The molecule has 1 fully saturated rings. The van der Waals surface area contributed by atoms with Crippen LogP contribution in [0.1, 0.15) is 42.6 Å². The third-order valence-corrected chi connectivity index (χ3v) is 4.02. The molecular formula is C14H22N4O2. The highest BCUT2D eigenvalue weighted by atomic mass is 16.3. The van der Waals surface area contributed by atoms with Gasteiger partial charge in [-0.25, -0.2) is 0 Å². The number of hydrogen-bond donors (Lipinski definition) is 3. The number of aliphatic hydroxyl groups excluding tert-OH is 1. The molecule has 1 aliphatic carbocycles. The van der Waals surface area contributed by atoms with Crippen LogP contribution in [0.25, 0.3) is 0 Å². The first-order valence-electron chi connectivity index (χ1n) is 7.10. The number of anilines is 1.